The number of nitrogens with zero attached hydrogens (tertiary/aromatic N) is 2. The number of rotatable bonds is 7. The number of ether oxygens (including phenoxy) is 1. The predicted molar refractivity (Wildman–Crippen MR) is 77.5 cm³/mol. The molecule has 0 unspecified atom stereocenters. The van der Waals surface area contributed by atoms with Crippen molar-refractivity contribution in [2.45, 2.75) is 45.8 Å². The van der Waals surface area contributed by atoms with Gasteiger partial charge in [-0.2, -0.15) is 4.98 Å². The second-order valence-corrected chi connectivity index (χ2v) is 4.65. The van der Waals surface area contributed by atoms with Gasteiger partial charge in [0.25, 0.3) is 0 Å². The smallest absolute Gasteiger partial charge is 0.240 e. The van der Waals surface area contributed by atoms with Gasteiger partial charge in [-0.05, 0) is 38.3 Å². The van der Waals surface area contributed by atoms with Gasteiger partial charge in [-0.3, -0.25) is 0 Å². The Morgan fingerprint density at radius 1 is 1.50 bits per heavy atom. The van der Waals surface area contributed by atoms with E-state index in [9.17, 15) is 0 Å². The maximum Gasteiger partial charge on any atom is 0.240 e. The fourth-order valence-electron chi connectivity index (χ4n) is 1.70. The number of hydrogen-bond acceptors (Lipinski definition) is 5. The topological polar surface area (TPSA) is 74.2 Å². The van der Waals surface area contributed by atoms with Crippen LogP contribution in [0, 0.1) is 0 Å². The zero-order chi connectivity index (χ0) is 14.4. The first-order valence-corrected chi connectivity index (χ1v) is 7.01. The minimum Gasteiger partial charge on any atom is -0.491 e. The molecule has 0 aromatic carbocycles. The number of nitrogens with two attached hydrogens (primary N) is 1. The molecule has 1 fully saturated rings. The zero-order valence-electron chi connectivity index (χ0n) is 12.0. The van der Waals surface area contributed by atoms with Crippen molar-refractivity contribution in [3.8, 4) is 0 Å². The summed E-state index contributed by atoms with van der Waals surface area (Å²) in [5.41, 5.74) is 6.35. The van der Waals surface area contributed by atoms with Crippen LogP contribution in [0.25, 0.3) is 5.57 Å². The quantitative estimate of drug-likeness (QED) is 0.611. The van der Waals surface area contributed by atoms with Crippen molar-refractivity contribution in [2.24, 2.45) is 5.73 Å². The Bertz CT molecular complexity index is 525. The lowest BCUT2D eigenvalue weighted by Crippen LogP contribution is -1.97. The molecule has 0 saturated heterocycles. The molecule has 20 heavy (non-hydrogen) atoms. The van der Waals surface area contributed by atoms with Gasteiger partial charge in [0.15, 0.2) is 0 Å². The van der Waals surface area contributed by atoms with Crippen LogP contribution in [0.15, 0.2) is 34.6 Å². The van der Waals surface area contributed by atoms with Crippen LogP contribution in [-0.4, -0.2) is 16.2 Å². The molecule has 1 heterocycles. The molecule has 2 N–H and O–H groups in total. The summed E-state index contributed by atoms with van der Waals surface area (Å²) in [5.74, 6) is 1.83. The second-order valence-electron chi connectivity index (χ2n) is 4.65. The Hall–Kier alpha value is -1.88. The lowest BCUT2D eigenvalue weighted by Gasteiger charge is -2.06. The van der Waals surface area contributed by atoms with Crippen LogP contribution in [0.1, 0.15) is 44.8 Å². The van der Waals surface area contributed by atoms with E-state index in [0.717, 1.165) is 30.6 Å². The van der Waals surface area contributed by atoms with Crippen molar-refractivity contribution in [1.82, 2.24) is 10.1 Å². The number of allylic oxidation sites excluding steroid dienone is 5. The third-order valence-corrected chi connectivity index (χ3v) is 2.78. The van der Waals surface area contributed by atoms with E-state index in [1.54, 1.807) is 0 Å². The fourth-order valence-corrected chi connectivity index (χ4v) is 1.70. The van der Waals surface area contributed by atoms with Crippen molar-refractivity contribution in [2.75, 3.05) is 0 Å². The summed E-state index contributed by atoms with van der Waals surface area (Å²) in [6.07, 6.45) is 11.4. The lowest BCUT2D eigenvalue weighted by atomic mass is 10.2. The largest absolute Gasteiger partial charge is 0.491 e. The third-order valence-electron chi connectivity index (χ3n) is 2.78. The first-order valence-electron chi connectivity index (χ1n) is 7.01. The number of hydrogen-bond donors (Lipinski definition) is 1. The summed E-state index contributed by atoms with van der Waals surface area (Å²) in [6.45, 7) is 4.27. The fraction of sp³-hybridized carbons (Fsp3) is 0.467. The SMILES string of the molecule is C\C=C/C(=C\C(=C\CC)OC1CC1)c1noc(CN)n1. The number of aromatic nitrogens is 2. The minimum absolute atomic E-state index is 0.242. The molecule has 5 nitrogen and oxygen atoms in total. The van der Waals surface area contributed by atoms with Gasteiger partial charge in [-0.25, -0.2) is 0 Å². The van der Waals surface area contributed by atoms with Gasteiger partial charge < -0.3 is 15.0 Å². The highest BCUT2D eigenvalue weighted by Gasteiger charge is 2.24. The lowest BCUT2D eigenvalue weighted by molar-refractivity contribution is 0.208. The average Bonchev–Trinajstić information content (AvgIpc) is 3.12. The molecule has 108 valence electrons. The highest BCUT2D eigenvalue weighted by atomic mass is 16.5. The van der Waals surface area contributed by atoms with Crippen LogP contribution in [0.2, 0.25) is 0 Å². The van der Waals surface area contributed by atoms with Crippen molar-refractivity contribution in [3.63, 3.8) is 0 Å². The van der Waals surface area contributed by atoms with Crippen molar-refractivity contribution < 1.29 is 9.26 Å². The van der Waals surface area contributed by atoms with E-state index in [1.165, 1.54) is 0 Å². The molecule has 1 saturated carbocycles. The Morgan fingerprint density at radius 3 is 2.85 bits per heavy atom. The van der Waals surface area contributed by atoms with E-state index in [1.807, 2.05) is 25.2 Å². The summed E-state index contributed by atoms with van der Waals surface area (Å²) in [6, 6.07) is 0. The minimum atomic E-state index is 0.242. The van der Waals surface area contributed by atoms with Crippen molar-refractivity contribution >= 4 is 5.57 Å². The Balaban J connectivity index is 2.24. The molecule has 5 heteroatoms. The molecule has 2 rings (SSSR count). The first kappa shape index (κ1) is 14.5. The van der Waals surface area contributed by atoms with Crippen LogP contribution in [0.5, 0.6) is 0 Å². The molecule has 1 aliphatic rings. The second kappa shape index (κ2) is 7.05. The van der Waals surface area contributed by atoms with Gasteiger partial charge in [0.2, 0.25) is 11.7 Å². The molecule has 0 aliphatic heterocycles. The van der Waals surface area contributed by atoms with Crippen molar-refractivity contribution in [1.29, 1.82) is 0 Å². The van der Waals surface area contributed by atoms with E-state index in [0.29, 0.717) is 17.8 Å². The standard InChI is InChI=1S/C15H21N3O2/c1-3-5-11(15-17-14(10-16)20-18-15)9-13(6-4-2)19-12-7-8-12/h3,5-6,9,12H,4,7-8,10,16H2,1-2H3/b5-3-,11-9+,13-6-. The summed E-state index contributed by atoms with van der Waals surface area (Å²) in [7, 11) is 0. The Kier molecular flexibility index (Phi) is 5.12. The van der Waals surface area contributed by atoms with Crippen LogP contribution >= 0.6 is 0 Å². The van der Waals surface area contributed by atoms with Crippen LogP contribution in [0.4, 0.5) is 0 Å². The van der Waals surface area contributed by atoms with Gasteiger partial charge in [0.05, 0.1) is 12.6 Å². The van der Waals surface area contributed by atoms with E-state index in [-0.39, 0.29) is 6.54 Å². The summed E-state index contributed by atoms with van der Waals surface area (Å²) in [4.78, 5) is 4.25. The molecule has 1 aliphatic carbocycles. The van der Waals surface area contributed by atoms with Crippen LogP contribution < -0.4 is 5.73 Å². The maximum absolute atomic E-state index is 5.87. The monoisotopic (exact) mass is 275 g/mol. The van der Waals surface area contributed by atoms with Gasteiger partial charge in [-0.1, -0.05) is 24.2 Å². The van der Waals surface area contributed by atoms with Crippen molar-refractivity contribution in [3.05, 3.63) is 41.8 Å². The van der Waals surface area contributed by atoms with E-state index in [4.69, 9.17) is 15.0 Å². The molecule has 0 radical (unpaired) electrons. The Morgan fingerprint density at radius 2 is 2.30 bits per heavy atom. The highest BCUT2D eigenvalue weighted by molar-refractivity contribution is 5.71. The highest BCUT2D eigenvalue weighted by Crippen LogP contribution is 2.28. The summed E-state index contributed by atoms with van der Waals surface area (Å²) >= 11 is 0. The predicted octanol–water partition coefficient (Wildman–Crippen LogP) is 2.96. The molecule has 1 aromatic heterocycles. The first-order chi connectivity index (χ1) is 9.76. The molecule has 0 spiro atoms. The van der Waals surface area contributed by atoms with Gasteiger partial charge >= 0.3 is 0 Å². The third kappa shape index (κ3) is 4.06. The molecule has 0 atom stereocenters. The normalized spacial score (nSPS) is 16.9. The molecular formula is C15H21N3O2. The molecular weight excluding hydrogens is 254 g/mol. The molecule has 1 aromatic rings. The molecule has 0 amide bonds. The molecule has 0 bridgehead atoms. The zero-order valence-corrected chi connectivity index (χ0v) is 12.0. The van der Waals surface area contributed by atoms with Gasteiger partial charge in [0.1, 0.15) is 5.76 Å². The van der Waals surface area contributed by atoms with E-state index < -0.39 is 0 Å². The Labute approximate surface area is 119 Å². The maximum atomic E-state index is 5.87. The van der Waals surface area contributed by atoms with E-state index >= 15 is 0 Å². The van der Waals surface area contributed by atoms with Crippen LogP contribution in [0.3, 0.4) is 0 Å². The summed E-state index contributed by atoms with van der Waals surface area (Å²) in [5, 5.41) is 3.95. The van der Waals surface area contributed by atoms with E-state index in [2.05, 4.69) is 23.1 Å². The van der Waals surface area contributed by atoms with Gasteiger partial charge in [-0.15, -0.1) is 0 Å². The summed E-state index contributed by atoms with van der Waals surface area (Å²) < 4.78 is 10.9. The van der Waals surface area contributed by atoms with Gasteiger partial charge in [0, 0.05) is 5.57 Å². The average molecular weight is 275 g/mol. The van der Waals surface area contributed by atoms with Crippen LogP contribution in [-0.2, 0) is 11.3 Å².